The molecule has 0 aliphatic carbocycles. The van der Waals surface area contributed by atoms with E-state index in [1.165, 1.54) is 58.0 Å². The van der Waals surface area contributed by atoms with Gasteiger partial charge in [0.25, 0.3) is 0 Å². The van der Waals surface area contributed by atoms with E-state index in [1.54, 1.807) is 0 Å². The van der Waals surface area contributed by atoms with Crippen LogP contribution in [-0.4, -0.2) is 30.6 Å². The van der Waals surface area contributed by atoms with Crippen molar-refractivity contribution < 1.29 is 0 Å². The Morgan fingerprint density at radius 3 is 2.41 bits per heavy atom. The topological polar surface area (TPSA) is 29.3 Å². The van der Waals surface area contributed by atoms with Crippen molar-refractivity contribution in [2.75, 3.05) is 19.6 Å². The SMILES string of the molecule is CCCCCCCC(CN)N1CCC(C)(C)C1. The minimum absolute atomic E-state index is 0.510. The molecule has 0 aromatic heterocycles. The molecule has 2 nitrogen and oxygen atoms in total. The summed E-state index contributed by atoms with van der Waals surface area (Å²) in [5.74, 6) is 0. The van der Waals surface area contributed by atoms with Gasteiger partial charge in [0.15, 0.2) is 0 Å². The Morgan fingerprint density at radius 1 is 1.18 bits per heavy atom. The van der Waals surface area contributed by atoms with Crippen LogP contribution in [-0.2, 0) is 0 Å². The minimum atomic E-state index is 0.510. The van der Waals surface area contributed by atoms with Crippen LogP contribution in [0.1, 0.15) is 65.7 Å². The van der Waals surface area contributed by atoms with Gasteiger partial charge in [-0.05, 0) is 24.8 Å². The molecule has 1 heterocycles. The maximum atomic E-state index is 5.94. The fraction of sp³-hybridized carbons (Fsp3) is 1.00. The molecule has 1 aliphatic rings. The largest absolute Gasteiger partial charge is 0.329 e. The summed E-state index contributed by atoms with van der Waals surface area (Å²) >= 11 is 0. The van der Waals surface area contributed by atoms with Gasteiger partial charge in [-0.3, -0.25) is 4.90 Å². The number of nitrogens with zero attached hydrogens (tertiary/aromatic N) is 1. The Kier molecular flexibility index (Phi) is 6.50. The fourth-order valence-electron chi connectivity index (χ4n) is 2.90. The summed E-state index contributed by atoms with van der Waals surface area (Å²) < 4.78 is 0. The predicted molar refractivity (Wildman–Crippen MR) is 76.2 cm³/mol. The molecule has 102 valence electrons. The monoisotopic (exact) mass is 240 g/mol. The summed E-state index contributed by atoms with van der Waals surface area (Å²) in [5.41, 5.74) is 6.45. The third kappa shape index (κ3) is 5.39. The summed E-state index contributed by atoms with van der Waals surface area (Å²) in [7, 11) is 0. The van der Waals surface area contributed by atoms with Crippen molar-refractivity contribution in [1.29, 1.82) is 0 Å². The standard InChI is InChI=1S/C15H32N2/c1-4-5-6-7-8-9-14(12-16)17-11-10-15(2,3)13-17/h14H,4-13,16H2,1-3H3. The average molecular weight is 240 g/mol. The van der Waals surface area contributed by atoms with Gasteiger partial charge < -0.3 is 5.73 Å². The van der Waals surface area contributed by atoms with E-state index in [0.29, 0.717) is 11.5 Å². The van der Waals surface area contributed by atoms with Crippen LogP contribution < -0.4 is 5.73 Å². The molecule has 2 heteroatoms. The van der Waals surface area contributed by atoms with Crippen molar-refractivity contribution in [2.24, 2.45) is 11.1 Å². The summed E-state index contributed by atoms with van der Waals surface area (Å²) in [6, 6.07) is 0.637. The second kappa shape index (κ2) is 7.38. The smallest absolute Gasteiger partial charge is 0.0218 e. The molecule has 0 aromatic rings. The molecule has 1 fully saturated rings. The molecule has 0 saturated carbocycles. The van der Waals surface area contributed by atoms with Crippen molar-refractivity contribution in [1.82, 2.24) is 4.90 Å². The number of likely N-dealkylation sites (tertiary alicyclic amines) is 1. The van der Waals surface area contributed by atoms with Gasteiger partial charge in [0, 0.05) is 19.1 Å². The van der Waals surface area contributed by atoms with E-state index in [-0.39, 0.29) is 0 Å². The molecule has 0 bridgehead atoms. The van der Waals surface area contributed by atoms with Gasteiger partial charge in [-0.2, -0.15) is 0 Å². The highest BCUT2D eigenvalue weighted by atomic mass is 15.2. The molecule has 2 N–H and O–H groups in total. The van der Waals surface area contributed by atoms with Gasteiger partial charge >= 0.3 is 0 Å². The van der Waals surface area contributed by atoms with Crippen LogP contribution in [0.15, 0.2) is 0 Å². The normalized spacial score (nSPS) is 21.9. The molecule has 1 rings (SSSR count). The van der Waals surface area contributed by atoms with Gasteiger partial charge in [-0.25, -0.2) is 0 Å². The second-order valence-electron chi connectivity index (χ2n) is 6.48. The first-order chi connectivity index (χ1) is 8.09. The van der Waals surface area contributed by atoms with Gasteiger partial charge in [0.05, 0.1) is 0 Å². The van der Waals surface area contributed by atoms with Crippen LogP contribution in [0.5, 0.6) is 0 Å². The Morgan fingerprint density at radius 2 is 1.88 bits per heavy atom. The highest BCUT2D eigenvalue weighted by Gasteiger charge is 2.32. The fourth-order valence-corrected chi connectivity index (χ4v) is 2.90. The van der Waals surface area contributed by atoms with E-state index < -0.39 is 0 Å². The minimum Gasteiger partial charge on any atom is -0.329 e. The van der Waals surface area contributed by atoms with E-state index in [9.17, 15) is 0 Å². The van der Waals surface area contributed by atoms with E-state index in [4.69, 9.17) is 5.73 Å². The van der Waals surface area contributed by atoms with E-state index >= 15 is 0 Å². The molecule has 17 heavy (non-hydrogen) atoms. The highest BCUT2D eigenvalue weighted by molar-refractivity contribution is 4.86. The van der Waals surface area contributed by atoms with E-state index in [0.717, 1.165) is 6.54 Å². The van der Waals surface area contributed by atoms with Crippen LogP contribution in [0.2, 0.25) is 0 Å². The van der Waals surface area contributed by atoms with Crippen LogP contribution in [0.25, 0.3) is 0 Å². The molecule has 0 amide bonds. The molecule has 1 aliphatic heterocycles. The van der Waals surface area contributed by atoms with E-state index in [1.807, 2.05) is 0 Å². The molecule has 0 aromatic carbocycles. The zero-order valence-electron chi connectivity index (χ0n) is 12.2. The number of nitrogens with two attached hydrogens (primary N) is 1. The maximum Gasteiger partial charge on any atom is 0.0218 e. The molecular weight excluding hydrogens is 208 g/mol. The molecule has 0 spiro atoms. The lowest BCUT2D eigenvalue weighted by molar-refractivity contribution is 0.207. The van der Waals surface area contributed by atoms with Crippen LogP contribution >= 0.6 is 0 Å². The molecule has 1 atom stereocenters. The first-order valence-corrected chi connectivity index (χ1v) is 7.53. The van der Waals surface area contributed by atoms with Crippen molar-refractivity contribution in [3.05, 3.63) is 0 Å². The zero-order chi connectivity index (χ0) is 12.7. The Hall–Kier alpha value is -0.0800. The van der Waals surface area contributed by atoms with E-state index in [2.05, 4.69) is 25.7 Å². The van der Waals surface area contributed by atoms with Gasteiger partial charge in [-0.1, -0.05) is 52.9 Å². The summed E-state index contributed by atoms with van der Waals surface area (Å²) in [5, 5.41) is 0. The van der Waals surface area contributed by atoms with Crippen molar-refractivity contribution in [3.63, 3.8) is 0 Å². The van der Waals surface area contributed by atoms with Gasteiger partial charge in [0.2, 0.25) is 0 Å². The lowest BCUT2D eigenvalue weighted by Gasteiger charge is -2.28. The first-order valence-electron chi connectivity index (χ1n) is 7.53. The third-order valence-corrected chi connectivity index (χ3v) is 4.14. The highest BCUT2D eigenvalue weighted by Crippen LogP contribution is 2.30. The molecule has 0 radical (unpaired) electrons. The number of unbranched alkanes of at least 4 members (excludes halogenated alkanes) is 4. The van der Waals surface area contributed by atoms with Crippen molar-refractivity contribution >= 4 is 0 Å². The lowest BCUT2D eigenvalue weighted by Crippen LogP contribution is -2.39. The van der Waals surface area contributed by atoms with Gasteiger partial charge in [0.1, 0.15) is 0 Å². The molecule has 1 unspecified atom stereocenters. The van der Waals surface area contributed by atoms with Crippen LogP contribution in [0.3, 0.4) is 0 Å². The number of hydrogen-bond donors (Lipinski definition) is 1. The second-order valence-corrected chi connectivity index (χ2v) is 6.48. The Bertz CT molecular complexity index is 201. The van der Waals surface area contributed by atoms with Crippen LogP contribution in [0.4, 0.5) is 0 Å². The summed E-state index contributed by atoms with van der Waals surface area (Å²) in [4.78, 5) is 2.62. The Labute approximate surface area is 108 Å². The Balaban J connectivity index is 2.20. The van der Waals surface area contributed by atoms with Crippen molar-refractivity contribution in [2.45, 2.75) is 71.8 Å². The zero-order valence-corrected chi connectivity index (χ0v) is 12.2. The lowest BCUT2D eigenvalue weighted by atomic mass is 9.93. The third-order valence-electron chi connectivity index (χ3n) is 4.14. The molecular formula is C15H32N2. The van der Waals surface area contributed by atoms with Gasteiger partial charge in [-0.15, -0.1) is 0 Å². The summed E-state index contributed by atoms with van der Waals surface area (Å²) in [6.45, 7) is 10.4. The quantitative estimate of drug-likeness (QED) is 0.659. The first kappa shape index (κ1) is 15.0. The van der Waals surface area contributed by atoms with Crippen molar-refractivity contribution in [3.8, 4) is 0 Å². The predicted octanol–water partition coefficient (Wildman–Crippen LogP) is 3.41. The summed E-state index contributed by atoms with van der Waals surface area (Å²) in [6.07, 6.45) is 9.51. The maximum absolute atomic E-state index is 5.94. The number of rotatable bonds is 8. The molecule has 1 saturated heterocycles. The van der Waals surface area contributed by atoms with Crippen LogP contribution in [0, 0.1) is 5.41 Å². The number of hydrogen-bond acceptors (Lipinski definition) is 2. The average Bonchev–Trinajstić information content (AvgIpc) is 2.64.